The number of aromatic amines is 1. The highest BCUT2D eigenvalue weighted by Crippen LogP contribution is 2.12. The molecule has 1 aromatic heterocycles. The quantitative estimate of drug-likeness (QED) is 0.575. The average Bonchev–Trinajstić information content (AvgIpc) is 2.64. The third-order valence-corrected chi connectivity index (χ3v) is 1.81. The molecule has 92 valence electrons. The minimum atomic E-state index is -0.584. The molecule has 0 fully saturated rings. The van der Waals surface area contributed by atoms with Gasteiger partial charge in [0.2, 0.25) is 5.91 Å². The number of H-pyrrole nitrogens is 1. The van der Waals surface area contributed by atoms with Gasteiger partial charge in [0.05, 0.1) is 19.2 Å². The van der Waals surface area contributed by atoms with Gasteiger partial charge in [0.1, 0.15) is 17.2 Å². The van der Waals surface area contributed by atoms with Crippen LogP contribution in [-0.2, 0) is 14.3 Å². The van der Waals surface area contributed by atoms with Crippen LogP contribution in [0.5, 0.6) is 0 Å². The summed E-state index contributed by atoms with van der Waals surface area (Å²) in [4.78, 5) is 33.5. The smallest absolute Gasteiger partial charge is 0.343 e. The van der Waals surface area contributed by atoms with Crippen molar-refractivity contribution in [1.29, 1.82) is 0 Å². The molecule has 1 heterocycles. The molecule has 1 rings (SSSR count). The molecule has 17 heavy (non-hydrogen) atoms. The van der Waals surface area contributed by atoms with Gasteiger partial charge < -0.3 is 10.1 Å². The first-order valence-corrected chi connectivity index (χ1v) is 5.04. The highest BCUT2D eigenvalue weighted by molar-refractivity contribution is 6.06. The molecule has 0 saturated heterocycles. The number of rotatable bonds is 5. The first-order valence-electron chi connectivity index (χ1n) is 5.04. The number of ketones is 1. The van der Waals surface area contributed by atoms with Crippen LogP contribution in [0.4, 0.5) is 5.82 Å². The highest BCUT2D eigenvalue weighted by atomic mass is 16.5. The molecule has 1 amide bonds. The van der Waals surface area contributed by atoms with E-state index in [0.29, 0.717) is 0 Å². The molecule has 0 aliphatic heterocycles. The average molecular weight is 239 g/mol. The Hall–Kier alpha value is -2.18. The maximum Gasteiger partial charge on any atom is 0.343 e. The van der Waals surface area contributed by atoms with E-state index in [1.807, 2.05) is 0 Å². The standard InChI is InChI=1S/C10H13N3O4/c1-3-17-10(16)7-5-11-13-9(7)12-8(15)4-6(2)14/h5H,3-4H2,1-2H3,(H2,11,12,13,15). The van der Waals surface area contributed by atoms with Crippen molar-refractivity contribution in [2.75, 3.05) is 11.9 Å². The van der Waals surface area contributed by atoms with E-state index in [2.05, 4.69) is 15.5 Å². The first kappa shape index (κ1) is 12.9. The van der Waals surface area contributed by atoms with Crippen LogP contribution in [0.3, 0.4) is 0 Å². The lowest BCUT2D eigenvalue weighted by molar-refractivity contribution is -0.124. The molecule has 1 aromatic rings. The summed E-state index contributed by atoms with van der Waals surface area (Å²) in [5.74, 6) is -1.22. The minimum Gasteiger partial charge on any atom is -0.462 e. The Morgan fingerprint density at radius 2 is 2.18 bits per heavy atom. The summed E-state index contributed by atoms with van der Waals surface area (Å²) in [7, 11) is 0. The normalized spacial score (nSPS) is 9.76. The van der Waals surface area contributed by atoms with E-state index in [0.717, 1.165) is 0 Å². The summed E-state index contributed by atoms with van der Waals surface area (Å²) in [5, 5.41) is 8.47. The number of Topliss-reactive ketones (excluding diaryl/α,β-unsaturated/α-hetero) is 1. The first-order chi connectivity index (χ1) is 8.04. The van der Waals surface area contributed by atoms with Crippen molar-refractivity contribution < 1.29 is 19.1 Å². The van der Waals surface area contributed by atoms with E-state index >= 15 is 0 Å². The number of amides is 1. The van der Waals surface area contributed by atoms with Crippen LogP contribution in [0.1, 0.15) is 30.6 Å². The lowest BCUT2D eigenvalue weighted by Crippen LogP contribution is -2.17. The fourth-order valence-electron chi connectivity index (χ4n) is 1.15. The van der Waals surface area contributed by atoms with E-state index in [1.54, 1.807) is 6.92 Å². The minimum absolute atomic E-state index is 0.128. The fourth-order valence-corrected chi connectivity index (χ4v) is 1.15. The Balaban J connectivity index is 2.72. The van der Waals surface area contributed by atoms with Gasteiger partial charge in [-0.3, -0.25) is 14.7 Å². The maximum atomic E-state index is 11.4. The van der Waals surface area contributed by atoms with Crippen LogP contribution >= 0.6 is 0 Å². The number of carbonyl (C=O) groups is 3. The van der Waals surface area contributed by atoms with Gasteiger partial charge in [-0.1, -0.05) is 0 Å². The van der Waals surface area contributed by atoms with Gasteiger partial charge in [-0.05, 0) is 13.8 Å². The SMILES string of the molecule is CCOC(=O)c1cn[nH]c1NC(=O)CC(C)=O. The number of nitrogens with one attached hydrogen (secondary N) is 2. The monoisotopic (exact) mass is 239 g/mol. The number of esters is 1. The predicted octanol–water partition coefficient (Wildman–Crippen LogP) is 0.504. The Morgan fingerprint density at radius 3 is 2.76 bits per heavy atom. The third-order valence-electron chi connectivity index (χ3n) is 1.81. The van der Waals surface area contributed by atoms with Crippen molar-refractivity contribution in [3.63, 3.8) is 0 Å². The second-order valence-corrected chi connectivity index (χ2v) is 3.31. The number of ether oxygens (including phenoxy) is 1. The van der Waals surface area contributed by atoms with E-state index in [9.17, 15) is 14.4 Å². The Kier molecular flexibility index (Phi) is 4.38. The van der Waals surface area contributed by atoms with Gasteiger partial charge in [0.15, 0.2) is 0 Å². The number of carbonyl (C=O) groups excluding carboxylic acids is 3. The topological polar surface area (TPSA) is 101 Å². The molecular formula is C10H13N3O4. The Bertz CT molecular complexity index is 439. The van der Waals surface area contributed by atoms with Crippen LogP contribution in [0, 0.1) is 0 Å². The van der Waals surface area contributed by atoms with Gasteiger partial charge in [-0.15, -0.1) is 0 Å². The van der Waals surface area contributed by atoms with Crippen LogP contribution in [0.25, 0.3) is 0 Å². The lowest BCUT2D eigenvalue weighted by Gasteiger charge is -2.04. The maximum absolute atomic E-state index is 11.4. The highest BCUT2D eigenvalue weighted by Gasteiger charge is 2.17. The van der Waals surface area contributed by atoms with Gasteiger partial charge in [-0.25, -0.2) is 4.79 Å². The largest absolute Gasteiger partial charge is 0.462 e. The van der Waals surface area contributed by atoms with E-state index in [4.69, 9.17) is 4.74 Å². The number of hydrogen-bond acceptors (Lipinski definition) is 5. The molecule has 0 saturated carbocycles. The molecule has 0 atom stereocenters. The van der Waals surface area contributed by atoms with Gasteiger partial charge in [-0.2, -0.15) is 5.10 Å². The molecular weight excluding hydrogens is 226 g/mol. The van der Waals surface area contributed by atoms with Crippen LogP contribution in [-0.4, -0.2) is 34.5 Å². The second kappa shape index (κ2) is 5.78. The van der Waals surface area contributed by atoms with E-state index in [1.165, 1.54) is 13.1 Å². The molecule has 0 unspecified atom stereocenters. The molecule has 0 radical (unpaired) electrons. The zero-order valence-corrected chi connectivity index (χ0v) is 9.57. The molecule has 7 heteroatoms. The molecule has 7 nitrogen and oxygen atoms in total. The molecule has 2 N–H and O–H groups in total. The lowest BCUT2D eigenvalue weighted by atomic mass is 10.3. The Labute approximate surface area is 97.5 Å². The second-order valence-electron chi connectivity index (χ2n) is 3.31. The third kappa shape index (κ3) is 3.71. The van der Waals surface area contributed by atoms with Crippen molar-refractivity contribution >= 4 is 23.5 Å². The number of hydrogen-bond donors (Lipinski definition) is 2. The molecule has 0 aliphatic carbocycles. The number of anilines is 1. The zero-order valence-electron chi connectivity index (χ0n) is 9.57. The van der Waals surface area contributed by atoms with E-state index in [-0.39, 0.29) is 30.2 Å². The van der Waals surface area contributed by atoms with Gasteiger partial charge >= 0.3 is 5.97 Å². The molecule has 0 bridgehead atoms. The fraction of sp³-hybridized carbons (Fsp3) is 0.400. The summed E-state index contributed by atoms with van der Waals surface area (Å²) in [6.07, 6.45) is 1.00. The van der Waals surface area contributed by atoms with Crippen molar-refractivity contribution in [3.05, 3.63) is 11.8 Å². The summed E-state index contributed by atoms with van der Waals surface area (Å²) in [6, 6.07) is 0. The summed E-state index contributed by atoms with van der Waals surface area (Å²) in [5.41, 5.74) is 0.128. The van der Waals surface area contributed by atoms with Crippen molar-refractivity contribution in [1.82, 2.24) is 10.2 Å². The molecule has 0 spiro atoms. The predicted molar refractivity (Wildman–Crippen MR) is 58.5 cm³/mol. The summed E-state index contributed by atoms with van der Waals surface area (Å²) in [6.45, 7) is 3.20. The van der Waals surface area contributed by atoms with Crippen LogP contribution in [0.15, 0.2) is 6.20 Å². The van der Waals surface area contributed by atoms with Crippen molar-refractivity contribution in [2.24, 2.45) is 0 Å². The van der Waals surface area contributed by atoms with Crippen LogP contribution in [0.2, 0.25) is 0 Å². The molecule has 0 aromatic carbocycles. The van der Waals surface area contributed by atoms with Gasteiger partial charge in [0.25, 0.3) is 0 Å². The van der Waals surface area contributed by atoms with Crippen molar-refractivity contribution in [3.8, 4) is 0 Å². The van der Waals surface area contributed by atoms with E-state index < -0.39 is 11.9 Å². The number of aromatic nitrogens is 2. The Morgan fingerprint density at radius 1 is 1.47 bits per heavy atom. The van der Waals surface area contributed by atoms with Crippen molar-refractivity contribution in [2.45, 2.75) is 20.3 Å². The number of nitrogens with zero attached hydrogens (tertiary/aromatic N) is 1. The zero-order chi connectivity index (χ0) is 12.8. The summed E-state index contributed by atoms with van der Waals surface area (Å²) >= 11 is 0. The van der Waals surface area contributed by atoms with Crippen LogP contribution < -0.4 is 5.32 Å². The van der Waals surface area contributed by atoms with Gasteiger partial charge in [0, 0.05) is 0 Å². The molecule has 0 aliphatic rings. The summed E-state index contributed by atoms with van der Waals surface area (Å²) < 4.78 is 4.77.